The maximum absolute atomic E-state index is 12.0. The zero-order valence-electron chi connectivity index (χ0n) is 13.7. The summed E-state index contributed by atoms with van der Waals surface area (Å²) in [4.78, 5) is 16.6. The molecule has 3 heteroatoms. The van der Waals surface area contributed by atoms with E-state index in [1.165, 1.54) is 0 Å². The Morgan fingerprint density at radius 3 is 2.54 bits per heavy atom. The fourth-order valence-electron chi connectivity index (χ4n) is 2.77. The molecule has 3 rings (SSSR count). The number of fused-ring (bicyclic) bond motifs is 1. The maximum Gasteiger partial charge on any atom is 0.333 e. The van der Waals surface area contributed by atoms with Crippen LogP contribution in [0.3, 0.4) is 0 Å². The molecule has 0 N–H and O–H groups in total. The number of carbonyl (C=O) groups is 1. The third kappa shape index (κ3) is 3.20. The molecular formula is C21H19NO2. The number of hydrogen-bond donors (Lipinski definition) is 0. The summed E-state index contributed by atoms with van der Waals surface area (Å²) in [6.45, 7) is 6.04. The van der Waals surface area contributed by atoms with Gasteiger partial charge in [0.1, 0.15) is 0 Å². The van der Waals surface area contributed by atoms with Gasteiger partial charge in [-0.05, 0) is 17.9 Å². The summed E-state index contributed by atoms with van der Waals surface area (Å²) in [5.41, 5.74) is 3.33. The lowest BCUT2D eigenvalue weighted by atomic mass is 9.95. The first-order valence-electron chi connectivity index (χ1n) is 7.97. The van der Waals surface area contributed by atoms with E-state index < -0.39 is 0 Å². The summed E-state index contributed by atoms with van der Waals surface area (Å²) in [7, 11) is 0. The van der Waals surface area contributed by atoms with E-state index in [1.54, 1.807) is 6.92 Å². The van der Waals surface area contributed by atoms with E-state index in [0.717, 1.165) is 27.6 Å². The molecule has 0 atom stereocenters. The molecule has 0 aliphatic heterocycles. The van der Waals surface area contributed by atoms with Crippen molar-refractivity contribution in [1.29, 1.82) is 0 Å². The molecule has 0 fully saturated rings. The highest BCUT2D eigenvalue weighted by Gasteiger charge is 2.16. The summed E-state index contributed by atoms with van der Waals surface area (Å²) in [5, 5.41) is 2.13. The highest BCUT2D eigenvalue weighted by molar-refractivity contribution is 5.93. The number of esters is 1. The van der Waals surface area contributed by atoms with Crippen molar-refractivity contribution in [3.05, 3.63) is 78.5 Å². The highest BCUT2D eigenvalue weighted by atomic mass is 16.5. The third-order valence-electron chi connectivity index (χ3n) is 3.91. The number of rotatable bonds is 5. The average molecular weight is 317 g/mol. The standard InChI is InChI=1S/C21H19NO2/c1-3-24-21(23)15(2)13-19-18-12-8-7-11-17(18)14-22-20(19)16-9-5-4-6-10-16/h4-12,14H,2-3,13H2,1H3. The van der Waals surface area contributed by atoms with Crippen molar-refractivity contribution in [1.82, 2.24) is 4.98 Å². The van der Waals surface area contributed by atoms with E-state index in [-0.39, 0.29) is 5.97 Å². The lowest BCUT2D eigenvalue weighted by molar-refractivity contribution is -0.138. The molecule has 0 aliphatic carbocycles. The van der Waals surface area contributed by atoms with Crippen LogP contribution in [0, 0.1) is 0 Å². The molecule has 0 saturated carbocycles. The fraction of sp³-hybridized carbons (Fsp3) is 0.143. The molecule has 3 aromatic rings. The lowest BCUT2D eigenvalue weighted by Crippen LogP contribution is -2.10. The van der Waals surface area contributed by atoms with Crippen LogP contribution in [0.15, 0.2) is 72.9 Å². The number of nitrogens with zero attached hydrogens (tertiary/aromatic N) is 1. The number of pyridine rings is 1. The number of hydrogen-bond acceptors (Lipinski definition) is 3. The Balaban J connectivity index is 2.12. The Kier molecular flexibility index (Phi) is 4.71. The molecule has 0 aliphatic rings. The second-order valence-corrected chi connectivity index (χ2v) is 5.54. The van der Waals surface area contributed by atoms with Gasteiger partial charge in [-0.15, -0.1) is 0 Å². The van der Waals surface area contributed by atoms with Gasteiger partial charge in [-0.3, -0.25) is 4.98 Å². The van der Waals surface area contributed by atoms with Crippen LogP contribution in [0.25, 0.3) is 22.0 Å². The van der Waals surface area contributed by atoms with Gasteiger partial charge in [0, 0.05) is 29.1 Å². The van der Waals surface area contributed by atoms with Crippen molar-refractivity contribution in [2.24, 2.45) is 0 Å². The van der Waals surface area contributed by atoms with Gasteiger partial charge in [0.05, 0.1) is 12.3 Å². The monoisotopic (exact) mass is 317 g/mol. The molecule has 0 bridgehead atoms. The summed E-state index contributed by atoms with van der Waals surface area (Å²) in [6, 6.07) is 18.0. The molecule has 3 nitrogen and oxygen atoms in total. The normalized spacial score (nSPS) is 10.5. The summed E-state index contributed by atoms with van der Waals surface area (Å²) >= 11 is 0. The van der Waals surface area contributed by atoms with Crippen molar-refractivity contribution in [2.75, 3.05) is 6.61 Å². The number of ether oxygens (including phenoxy) is 1. The molecule has 0 spiro atoms. The number of carbonyl (C=O) groups excluding carboxylic acids is 1. The molecule has 0 radical (unpaired) electrons. The minimum absolute atomic E-state index is 0.344. The maximum atomic E-state index is 12.0. The SMILES string of the molecule is C=C(Cc1c(-c2ccccc2)ncc2ccccc12)C(=O)OCC. The number of aromatic nitrogens is 1. The summed E-state index contributed by atoms with van der Waals surface area (Å²) < 4.78 is 5.07. The Hall–Kier alpha value is -2.94. The smallest absolute Gasteiger partial charge is 0.333 e. The van der Waals surface area contributed by atoms with Gasteiger partial charge in [0.25, 0.3) is 0 Å². The molecule has 24 heavy (non-hydrogen) atoms. The zero-order valence-corrected chi connectivity index (χ0v) is 13.7. The van der Waals surface area contributed by atoms with Crippen molar-refractivity contribution < 1.29 is 9.53 Å². The van der Waals surface area contributed by atoms with E-state index in [9.17, 15) is 4.79 Å². The third-order valence-corrected chi connectivity index (χ3v) is 3.91. The highest BCUT2D eigenvalue weighted by Crippen LogP contribution is 2.30. The van der Waals surface area contributed by atoms with Crippen LogP contribution >= 0.6 is 0 Å². The zero-order chi connectivity index (χ0) is 16.9. The van der Waals surface area contributed by atoms with E-state index in [2.05, 4.69) is 17.6 Å². The van der Waals surface area contributed by atoms with Crippen molar-refractivity contribution in [3.63, 3.8) is 0 Å². The molecule has 1 aromatic heterocycles. The molecule has 120 valence electrons. The van der Waals surface area contributed by atoms with Gasteiger partial charge < -0.3 is 4.74 Å². The second kappa shape index (κ2) is 7.09. The first kappa shape index (κ1) is 15.9. The predicted molar refractivity (Wildman–Crippen MR) is 96.7 cm³/mol. The first-order chi connectivity index (χ1) is 11.7. The van der Waals surface area contributed by atoms with Gasteiger partial charge in [-0.2, -0.15) is 0 Å². The topological polar surface area (TPSA) is 39.2 Å². The van der Waals surface area contributed by atoms with Gasteiger partial charge >= 0.3 is 5.97 Å². The number of benzene rings is 2. The molecule has 0 saturated heterocycles. The Morgan fingerprint density at radius 2 is 1.79 bits per heavy atom. The fourth-order valence-corrected chi connectivity index (χ4v) is 2.77. The van der Waals surface area contributed by atoms with E-state index >= 15 is 0 Å². The van der Waals surface area contributed by atoms with Crippen LogP contribution in [0.4, 0.5) is 0 Å². The van der Waals surface area contributed by atoms with E-state index in [0.29, 0.717) is 18.6 Å². The van der Waals surface area contributed by atoms with Crippen LogP contribution in [-0.2, 0) is 16.0 Å². The minimum atomic E-state index is -0.357. The van der Waals surface area contributed by atoms with Crippen LogP contribution < -0.4 is 0 Å². The Morgan fingerprint density at radius 1 is 1.08 bits per heavy atom. The largest absolute Gasteiger partial charge is 0.463 e. The van der Waals surface area contributed by atoms with Gasteiger partial charge in [-0.1, -0.05) is 61.2 Å². The van der Waals surface area contributed by atoms with Crippen LogP contribution in [0.1, 0.15) is 12.5 Å². The van der Waals surface area contributed by atoms with Crippen LogP contribution in [-0.4, -0.2) is 17.6 Å². The molecule has 0 amide bonds. The average Bonchev–Trinajstić information content (AvgIpc) is 2.63. The first-order valence-corrected chi connectivity index (χ1v) is 7.97. The molecule has 0 unspecified atom stereocenters. The predicted octanol–water partition coefficient (Wildman–Crippen LogP) is 4.56. The summed E-state index contributed by atoms with van der Waals surface area (Å²) in [6.07, 6.45) is 2.28. The minimum Gasteiger partial charge on any atom is -0.463 e. The molecular weight excluding hydrogens is 298 g/mol. The van der Waals surface area contributed by atoms with E-state index in [4.69, 9.17) is 4.74 Å². The van der Waals surface area contributed by atoms with Crippen LogP contribution in [0.5, 0.6) is 0 Å². The second-order valence-electron chi connectivity index (χ2n) is 5.54. The van der Waals surface area contributed by atoms with Gasteiger partial charge in [0.2, 0.25) is 0 Å². The Labute approximate surface area is 141 Å². The van der Waals surface area contributed by atoms with Crippen LogP contribution in [0.2, 0.25) is 0 Å². The summed E-state index contributed by atoms with van der Waals surface area (Å²) in [5.74, 6) is -0.357. The van der Waals surface area contributed by atoms with E-state index in [1.807, 2.05) is 54.7 Å². The van der Waals surface area contributed by atoms with Crippen molar-refractivity contribution >= 4 is 16.7 Å². The lowest BCUT2D eigenvalue weighted by Gasteiger charge is -2.13. The van der Waals surface area contributed by atoms with Crippen molar-refractivity contribution in [3.8, 4) is 11.3 Å². The molecule has 2 aromatic carbocycles. The quantitative estimate of drug-likeness (QED) is 0.511. The Bertz CT molecular complexity index is 885. The van der Waals surface area contributed by atoms with Gasteiger partial charge in [0.15, 0.2) is 0 Å². The van der Waals surface area contributed by atoms with Crippen molar-refractivity contribution in [2.45, 2.75) is 13.3 Å². The molecule has 1 heterocycles. The van der Waals surface area contributed by atoms with Gasteiger partial charge in [-0.25, -0.2) is 4.79 Å².